The van der Waals surface area contributed by atoms with Crippen molar-refractivity contribution >= 4 is 34.8 Å². The van der Waals surface area contributed by atoms with Gasteiger partial charge in [-0.25, -0.2) is 4.98 Å². The van der Waals surface area contributed by atoms with Crippen molar-refractivity contribution in [3.63, 3.8) is 0 Å². The minimum atomic E-state index is 0.241. The van der Waals surface area contributed by atoms with E-state index in [0.29, 0.717) is 21.8 Å². The van der Waals surface area contributed by atoms with Gasteiger partial charge in [0.2, 0.25) is 0 Å². The second-order valence-corrected chi connectivity index (χ2v) is 5.76. The van der Waals surface area contributed by atoms with Crippen LogP contribution in [0.1, 0.15) is 13.8 Å². The summed E-state index contributed by atoms with van der Waals surface area (Å²) < 4.78 is 0. The van der Waals surface area contributed by atoms with E-state index in [1.165, 1.54) is 0 Å². The molecule has 0 aliphatic rings. The third-order valence-electron chi connectivity index (χ3n) is 2.65. The Morgan fingerprint density at radius 2 is 1.94 bits per heavy atom. The molecular weight excluding hydrogens is 271 g/mol. The van der Waals surface area contributed by atoms with Crippen molar-refractivity contribution < 1.29 is 0 Å². The number of anilines is 2. The van der Waals surface area contributed by atoms with E-state index in [2.05, 4.69) is 29.0 Å². The van der Waals surface area contributed by atoms with Gasteiger partial charge in [-0.2, -0.15) is 0 Å². The van der Waals surface area contributed by atoms with Crippen LogP contribution >= 0.6 is 23.2 Å². The summed E-state index contributed by atoms with van der Waals surface area (Å²) in [6, 6.07) is 1.85. The summed E-state index contributed by atoms with van der Waals surface area (Å²) >= 11 is 12.0. The number of likely N-dealkylation sites (N-methyl/N-ethyl adjacent to an activating group) is 1. The van der Waals surface area contributed by atoms with Gasteiger partial charge in [-0.1, -0.05) is 37.0 Å². The molecule has 1 aromatic heterocycles. The number of nitrogens with zero attached hydrogens (tertiary/aromatic N) is 2. The van der Waals surface area contributed by atoms with Gasteiger partial charge in [-0.15, -0.1) is 0 Å². The van der Waals surface area contributed by atoms with E-state index < -0.39 is 0 Å². The average Bonchev–Trinajstić information content (AvgIpc) is 2.23. The van der Waals surface area contributed by atoms with Crippen LogP contribution in [0.15, 0.2) is 6.07 Å². The van der Waals surface area contributed by atoms with Gasteiger partial charge in [-0.3, -0.25) is 0 Å². The highest BCUT2D eigenvalue weighted by molar-refractivity contribution is 6.37. The van der Waals surface area contributed by atoms with Crippen LogP contribution in [0.25, 0.3) is 0 Å². The van der Waals surface area contributed by atoms with Crippen molar-refractivity contribution in [2.75, 3.05) is 31.7 Å². The number of halogens is 2. The number of rotatable bonds is 5. The Hall–Kier alpha value is -0.710. The molecule has 1 aromatic rings. The van der Waals surface area contributed by atoms with Crippen LogP contribution in [0.5, 0.6) is 0 Å². The fourth-order valence-electron chi connectivity index (χ4n) is 1.57. The molecule has 1 atom stereocenters. The number of hydrogen-bond donors (Lipinski definition) is 2. The molecule has 0 fully saturated rings. The second-order valence-electron chi connectivity index (χ2n) is 4.94. The lowest BCUT2D eigenvalue weighted by atomic mass is 10.0. The Bertz CT molecular complexity index is 407. The van der Waals surface area contributed by atoms with Crippen LogP contribution in [0.4, 0.5) is 11.6 Å². The Morgan fingerprint density at radius 3 is 2.44 bits per heavy atom. The van der Waals surface area contributed by atoms with Gasteiger partial charge in [0.15, 0.2) is 0 Å². The average molecular weight is 291 g/mol. The lowest BCUT2D eigenvalue weighted by Gasteiger charge is -2.26. The quantitative estimate of drug-likeness (QED) is 0.875. The van der Waals surface area contributed by atoms with E-state index in [9.17, 15) is 0 Å². The normalized spacial score (nSPS) is 13.1. The zero-order chi connectivity index (χ0) is 13.9. The number of aromatic nitrogens is 1. The summed E-state index contributed by atoms with van der Waals surface area (Å²) in [6.07, 6.45) is 0. The first-order valence-corrected chi connectivity index (χ1v) is 6.59. The molecule has 0 saturated heterocycles. The van der Waals surface area contributed by atoms with Gasteiger partial charge >= 0.3 is 0 Å². The van der Waals surface area contributed by atoms with Crippen molar-refractivity contribution in [1.29, 1.82) is 0 Å². The van der Waals surface area contributed by atoms with Crippen LogP contribution in [-0.4, -0.2) is 36.6 Å². The minimum absolute atomic E-state index is 0.241. The molecule has 3 N–H and O–H groups in total. The van der Waals surface area contributed by atoms with Gasteiger partial charge in [0.25, 0.3) is 0 Å². The lowest BCUT2D eigenvalue weighted by Crippen LogP contribution is -2.36. The summed E-state index contributed by atoms with van der Waals surface area (Å²) in [4.78, 5) is 6.30. The van der Waals surface area contributed by atoms with Crippen molar-refractivity contribution in [3.8, 4) is 0 Å². The predicted octanol–water partition coefficient (Wildman–Crippen LogP) is 2.97. The third kappa shape index (κ3) is 4.19. The number of nitrogens with one attached hydrogen (secondary N) is 1. The molecular formula is C12H20Cl2N4. The van der Waals surface area contributed by atoms with Crippen LogP contribution < -0.4 is 11.1 Å². The van der Waals surface area contributed by atoms with Crippen molar-refractivity contribution in [1.82, 2.24) is 9.88 Å². The largest absolute Gasteiger partial charge is 0.382 e. The van der Waals surface area contributed by atoms with Crippen LogP contribution in [0.2, 0.25) is 10.0 Å². The van der Waals surface area contributed by atoms with E-state index in [1.54, 1.807) is 6.07 Å². The lowest BCUT2D eigenvalue weighted by molar-refractivity contribution is 0.344. The summed E-state index contributed by atoms with van der Waals surface area (Å²) in [6.45, 7) is 5.18. The van der Waals surface area contributed by atoms with Gasteiger partial charge in [0.05, 0.1) is 10.0 Å². The smallest absolute Gasteiger partial charge is 0.147 e. The van der Waals surface area contributed by atoms with Crippen LogP contribution in [0.3, 0.4) is 0 Å². The Labute approximate surface area is 118 Å². The molecule has 1 heterocycles. The number of nitrogens with two attached hydrogens (primary N) is 1. The van der Waals surface area contributed by atoms with Gasteiger partial charge in [-0.05, 0) is 26.1 Å². The molecule has 102 valence electrons. The summed E-state index contributed by atoms with van der Waals surface area (Å²) in [7, 11) is 4.06. The van der Waals surface area contributed by atoms with Crippen LogP contribution in [0, 0.1) is 5.92 Å². The monoisotopic (exact) mass is 290 g/mol. The van der Waals surface area contributed by atoms with Crippen molar-refractivity contribution in [2.24, 2.45) is 5.92 Å². The zero-order valence-corrected chi connectivity index (χ0v) is 12.7. The molecule has 1 unspecified atom stereocenters. The van der Waals surface area contributed by atoms with E-state index in [0.717, 1.165) is 6.54 Å². The molecule has 0 amide bonds. The molecule has 0 aromatic carbocycles. The number of pyridine rings is 1. The Morgan fingerprint density at radius 1 is 1.33 bits per heavy atom. The van der Waals surface area contributed by atoms with E-state index in [4.69, 9.17) is 28.9 Å². The number of nitrogen functional groups attached to an aromatic ring is 1. The predicted molar refractivity (Wildman–Crippen MR) is 79.5 cm³/mol. The molecule has 0 aliphatic carbocycles. The fraction of sp³-hybridized carbons (Fsp3) is 0.583. The fourth-order valence-corrected chi connectivity index (χ4v) is 1.99. The molecule has 0 saturated carbocycles. The first-order chi connectivity index (χ1) is 8.31. The highest BCUT2D eigenvalue weighted by Crippen LogP contribution is 2.28. The summed E-state index contributed by atoms with van der Waals surface area (Å²) in [5.41, 5.74) is 5.69. The molecule has 0 spiro atoms. The molecule has 4 nitrogen and oxygen atoms in total. The van der Waals surface area contributed by atoms with Gasteiger partial charge in [0.1, 0.15) is 11.6 Å². The Balaban J connectivity index is 2.90. The second kappa shape index (κ2) is 6.45. The van der Waals surface area contributed by atoms with E-state index in [1.807, 2.05) is 14.1 Å². The molecule has 0 bridgehead atoms. The third-order valence-corrected chi connectivity index (χ3v) is 3.24. The topological polar surface area (TPSA) is 54.2 Å². The first kappa shape index (κ1) is 15.3. The zero-order valence-electron chi connectivity index (χ0n) is 11.2. The minimum Gasteiger partial charge on any atom is -0.382 e. The maximum Gasteiger partial charge on any atom is 0.147 e. The van der Waals surface area contributed by atoms with Gasteiger partial charge < -0.3 is 16.0 Å². The molecule has 6 heteroatoms. The molecule has 18 heavy (non-hydrogen) atoms. The van der Waals surface area contributed by atoms with E-state index >= 15 is 0 Å². The molecule has 0 aliphatic heterocycles. The Kier molecular flexibility index (Phi) is 5.50. The number of hydrogen-bond acceptors (Lipinski definition) is 4. The summed E-state index contributed by atoms with van der Waals surface area (Å²) in [5, 5.41) is 4.18. The summed E-state index contributed by atoms with van der Waals surface area (Å²) in [5.74, 6) is 1.32. The van der Waals surface area contributed by atoms with Gasteiger partial charge in [0, 0.05) is 12.6 Å². The SMILES string of the molecule is CC(C)C(CN(C)C)Nc1nc(N)c(Cl)cc1Cl. The van der Waals surface area contributed by atoms with Crippen LogP contribution in [-0.2, 0) is 0 Å². The highest BCUT2D eigenvalue weighted by atomic mass is 35.5. The maximum atomic E-state index is 6.11. The van der Waals surface area contributed by atoms with E-state index in [-0.39, 0.29) is 11.9 Å². The molecule has 1 rings (SSSR count). The van der Waals surface area contributed by atoms with Crippen molar-refractivity contribution in [3.05, 3.63) is 16.1 Å². The molecule has 0 radical (unpaired) electrons. The first-order valence-electron chi connectivity index (χ1n) is 5.84. The van der Waals surface area contributed by atoms with Crippen molar-refractivity contribution in [2.45, 2.75) is 19.9 Å². The maximum absolute atomic E-state index is 6.11. The standard InChI is InChI=1S/C12H20Cl2N4/c1-7(2)10(6-18(3)4)16-12-9(14)5-8(13)11(15)17-12/h5,7,10H,6H2,1-4H3,(H3,15,16,17). The highest BCUT2D eigenvalue weighted by Gasteiger charge is 2.17.